The summed E-state index contributed by atoms with van der Waals surface area (Å²) < 4.78 is 5.77. The van der Waals surface area contributed by atoms with Crippen LogP contribution in [0.3, 0.4) is 0 Å². The standard InChI is InChI=1S/C17H35NO5/c1-3-13(4-2)23-10-8-6-5-7-9-18-11-15(20)17(22)16(21)14(18)12-19/h13-17,19-22H,3-12H2,1-2H3/t14-,15+,16-,17-/m1/s1. The van der Waals surface area contributed by atoms with Gasteiger partial charge in [-0.2, -0.15) is 0 Å². The summed E-state index contributed by atoms with van der Waals surface area (Å²) in [6, 6.07) is -0.494. The zero-order valence-electron chi connectivity index (χ0n) is 14.6. The van der Waals surface area contributed by atoms with Crippen molar-refractivity contribution in [3.05, 3.63) is 0 Å². The first kappa shape index (κ1) is 20.8. The summed E-state index contributed by atoms with van der Waals surface area (Å²) in [5.41, 5.74) is 0. The van der Waals surface area contributed by atoms with Crippen molar-refractivity contribution in [3.63, 3.8) is 0 Å². The second-order valence-corrected chi connectivity index (χ2v) is 6.52. The van der Waals surface area contributed by atoms with Gasteiger partial charge < -0.3 is 25.2 Å². The number of likely N-dealkylation sites (tertiary alicyclic amines) is 1. The molecule has 4 atom stereocenters. The summed E-state index contributed by atoms with van der Waals surface area (Å²) in [7, 11) is 0. The maximum atomic E-state index is 9.92. The first-order valence-electron chi connectivity index (χ1n) is 9.05. The Bertz CT molecular complexity index is 301. The van der Waals surface area contributed by atoms with E-state index < -0.39 is 24.4 Å². The van der Waals surface area contributed by atoms with Gasteiger partial charge in [0.25, 0.3) is 0 Å². The molecule has 1 saturated heterocycles. The molecule has 0 spiro atoms. The van der Waals surface area contributed by atoms with E-state index in [4.69, 9.17) is 4.74 Å². The van der Waals surface area contributed by atoms with Crippen molar-refractivity contribution in [1.29, 1.82) is 0 Å². The molecule has 1 fully saturated rings. The van der Waals surface area contributed by atoms with E-state index in [1.165, 1.54) is 0 Å². The Morgan fingerprint density at radius 2 is 1.65 bits per heavy atom. The third-order valence-corrected chi connectivity index (χ3v) is 4.82. The van der Waals surface area contributed by atoms with Gasteiger partial charge in [-0.1, -0.05) is 26.7 Å². The highest BCUT2D eigenvalue weighted by Crippen LogP contribution is 2.19. The summed E-state index contributed by atoms with van der Waals surface area (Å²) >= 11 is 0. The second-order valence-electron chi connectivity index (χ2n) is 6.52. The number of aliphatic hydroxyl groups is 4. The summed E-state index contributed by atoms with van der Waals surface area (Å²) in [6.45, 7) is 5.88. The van der Waals surface area contributed by atoms with Gasteiger partial charge in [0.1, 0.15) is 12.2 Å². The highest BCUT2D eigenvalue weighted by molar-refractivity contribution is 4.93. The van der Waals surface area contributed by atoms with E-state index in [9.17, 15) is 20.4 Å². The third kappa shape index (κ3) is 6.64. The van der Waals surface area contributed by atoms with Crippen LogP contribution in [-0.2, 0) is 4.74 Å². The summed E-state index contributed by atoms with van der Waals surface area (Å²) in [6.07, 6.45) is 3.39. The van der Waals surface area contributed by atoms with Crippen molar-refractivity contribution >= 4 is 0 Å². The number of hydrogen-bond acceptors (Lipinski definition) is 6. The largest absolute Gasteiger partial charge is 0.395 e. The molecule has 4 N–H and O–H groups in total. The van der Waals surface area contributed by atoms with Crippen LogP contribution in [0, 0.1) is 0 Å². The number of rotatable bonds is 11. The molecule has 0 aliphatic carbocycles. The number of nitrogens with zero attached hydrogens (tertiary/aromatic N) is 1. The predicted molar refractivity (Wildman–Crippen MR) is 89.3 cm³/mol. The number of aliphatic hydroxyl groups excluding tert-OH is 4. The average Bonchev–Trinajstić information content (AvgIpc) is 2.55. The molecule has 1 aliphatic rings. The van der Waals surface area contributed by atoms with Gasteiger partial charge in [0.2, 0.25) is 0 Å². The first-order valence-corrected chi connectivity index (χ1v) is 9.05. The van der Waals surface area contributed by atoms with E-state index in [-0.39, 0.29) is 6.61 Å². The molecule has 0 amide bonds. The lowest BCUT2D eigenvalue weighted by atomic mass is 9.94. The minimum absolute atomic E-state index is 0.214. The van der Waals surface area contributed by atoms with Crippen LogP contribution in [0.1, 0.15) is 52.4 Å². The van der Waals surface area contributed by atoms with Gasteiger partial charge in [-0.15, -0.1) is 0 Å². The summed E-state index contributed by atoms with van der Waals surface area (Å²) in [5, 5.41) is 38.7. The van der Waals surface area contributed by atoms with Crippen molar-refractivity contribution in [1.82, 2.24) is 4.90 Å². The molecule has 1 aliphatic heterocycles. The molecule has 0 radical (unpaired) electrons. The van der Waals surface area contributed by atoms with Crippen molar-refractivity contribution in [3.8, 4) is 0 Å². The fourth-order valence-electron chi connectivity index (χ4n) is 3.18. The van der Waals surface area contributed by atoms with Crippen LogP contribution in [0.25, 0.3) is 0 Å². The molecular formula is C17H35NO5. The van der Waals surface area contributed by atoms with Gasteiger partial charge >= 0.3 is 0 Å². The molecule has 6 nitrogen and oxygen atoms in total. The van der Waals surface area contributed by atoms with Crippen molar-refractivity contribution in [2.75, 3.05) is 26.3 Å². The van der Waals surface area contributed by atoms with Crippen LogP contribution in [0.5, 0.6) is 0 Å². The molecule has 1 rings (SSSR count). The van der Waals surface area contributed by atoms with Crippen LogP contribution in [-0.4, -0.2) is 82.1 Å². The van der Waals surface area contributed by atoms with Gasteiger partial charge in [-0.05, 0) is 32.2 Å². The molecule has 0 saturated carbocycles. The molecule has 0 aromatic heterocycles. The zero-order valence-corrected chi connectivity index (χ0v) is 14.6. The smallest absolute Gasteiger partial charge is 0.109 e. The highest BCUT2D eigenvalue weighted by Gasteiger charge is 2.40. The fourth-order valence-corrected chi connectivity index (χ4v) is 3.18. The van der Waals surface area contributed by atoms with Crippen molar-refractivity contribution < 1.29 is 25.2 Å². The maximum Gasteiger partial charge on any atom is 0.109 e. The van der Waals surface area contributed by atoms with Crippen LogP contribution in [0.2, 0.25) is 0 Å². The molecule has 0 bridgehead atoms. The van der Waals surface area contributed by atoms with E-state index in [0.29, 0.717) is 19.2 Å². The monoisotopic (exact) mass is 333 g/mol. The van der Waals surface area contributed by atoms with E-state index in [0.717, 1.165) is 45.1 Å². The van der Waals surface area contributed by atoms with Gasteiger partial charge in [-0.3, -0.25) is 4.90 Å². The van der Waals surface area contributed by atoms with Crippen LogP contribution in [0.15, 0.2) is 0 Å². The number of β-amino-alcohol motifs (C(OH)–C–C–N with tert-alkyl or cyclic N) is 1. The lowest BCUT2D eigenvalue weighted by molar-refractivity contribution is -0.145. The predicted octanol–water partition coefficient (Wildman–Crippen LogP) is 0.511. The van der Waals surface area contributed by atoms with Gasteiger partial charge in [0.05, 0.1) is 24.9 Å². The van der Waals surface area contributed by atoms with E-state index >= 15 is 0 Å². The second kappa shape index (κ2) is 11.3. The number of piperidine rings is 1. The van der Waals surface area contributed by atoms with Crippen LogP contribution in [0.4, 0.5) is 0 Å². The summed E-state index contributed by atoms with van der Waals surface area (Å²) in [5.74, 6) is 0. The molecule has 0 aromatic rings. The van der Waals surface area contributed by atoms with Crippen molar-refractivity contribution in [2.45, 2.75) is 82.8 Å². The quantitative estimate of drug-likeness (QED) is 0.412. The van der Waals surface area contributed by atoms with Gasteiger partial charge in [-0.25, -0.2) is 0 Å². The molecule has 138 valence electrons. The Morgan fingerprint density at radius 3 is 2.26 bits per heavy atom. The topological polar surface area (TPSA) is 93.4 Å². The highest BCUT2D eigenvalue weighted by atomic mass is 16.5. The Labute approximate surface area is 140 Å². The molecule has 6 heteroatoms. The summed E-state index contributed by atoms with van der Waals surface area (Å²) in [4.78, 5) is 1.88. The number of hydrogen-bond donors (Lipinski definition) is 4. The minimum Gasteiger partial charge on any atom is -0.395 e. The van der Waals surface area contributed by atoms with E-state index in [1.807, 2.05) is 4.90 Å². The van der Waals surface area contributed by atoms with Crippen LogP contribution >= 0.6 is 0 Å². The minimum atomic E-state index is -1.18. The first-order chi connectivity index (χ1) is 11.0. The molecular weight excluding hydrogens is 298 g/mol. The van der Waals surface area contributed by atoms with Gasteiger partial charge in [0, 0.05) is 13.2 Å². The Balaban J connectivity index is 2.17. The fraction of sp³-hybridized carbons (Fsp3) is 1.00. The zero-order chi connectivity index (χ0) is 17.2. The normalized spacial score (nSPS) is 29.3. The maximum absolute atomic E-state index is 9.92. The Kier molecular flexibility index (Phi) is 10.3. The van der Waals surface area contributed by atoms with Crippen molar-refractivity contribution in [2.24, 2.45) is 0 Å². The third-order valence-electron chi connectivity index (χ3n) is 4.82. The lowest BCUT2D eigenvalue weighted by Gasteiger charge is -2.43. The van der Waals surface area contributed by atoms with E-state index in [2.05, 4.69) is 13.8 Å². The van der Waals surface area contributed by atoms with Crippen LogP contribution < -0.4 is 0 Å². The van der Waals surface area contributed by atoms with Gasteiger partial charge in [0.15, 0.2) is 0 Å². The number of ether oxygens (including phenoxy) is 1. The SMILES string of the molecule is CCC(CC)OCCCCCCN1C[C@H](O)[C@@H](O)[C@H](O)[C@H]1CO. The Morgan fingerprint density at radius 1 is 1.00 bits per heavy atom. The molecule has 0 aromatic carbocycles. The molecule has 1 heterocycles. The average molecular weight is 333 g/mol. The lowest BCUT2D eigenvalue weighted by Crippen LogP contribution is -2.62. The van der Waals surface area contributed by atoms with E-state index in [1.54, 1.807) is 0 Å². The Hall–Kier alpha value is -0.240. The molecule has 23 heavy (non-hydrogen) atoms. The molecule has 0 unspecified atom stereocenters. The number of unbranched alkanes of at least 4 members (excludes halogenated alkanes) is 3.